The number of aryl methyl sites for hydroxylation is 2. The number of pyridine rings is 2. The molecule has 0 aliphatic rings. The summed E-state index contributed by atoms with van der Waals surface area (Å²) in [4.78, 5) is 13.4. The molecule has 0 N–H and O–H groups in total. The van der Waals surface area contributed by atoms with Crippen LogP contribution in [0.4, 0.5) is 0 Å². The summed E-state index contributed by atoms with van der Waals surface area (Å²) >= 11 is 1.35. The van der Waals surface area contributed by atoms with E-state index in [0.29, 0.717) is 5.82 Å². The van der Waals surface area contributed by atoms with Gasteiger partial charge in [-0.15, -0.1) is 0 Å². The van der Waals surface area contributed by atoms with Crippen LogP contribution in [0.5, 0.6) is 0 Å². The second-order valence-electron chi connectivity index (χ2n) is 4.25. The zero-order valence-corrected chi connectivity index (χ0v) is 11.5. The maximum atomic E-state index is 4.52. The molecule has 3 heterocycles. The van der Waals surface area contributed by atoms with Crippen LogP contribution in [-0.2, 0) is 0 Å². The molecular weight excluding hydrogens is 256 g/mol. The highest BCUT2D eigenvalue weighted by Gasteiger charge is 2.10. The van der Waals surface area contributed by atoms with Gasteiger partial charge < -0.3 is 0 Å². The summed E-state index contributed by atoms with van der Waals surface area (Å²) in [7, 11) is 0. The van der Waals surface area contributed by atoms with Gasteiger partial charge in [0.25, 0.3) is 0 Å². The minimum Gasteiger partial charge on any atom is -0.251 e. The maximum absolute atomic E-state index is 4.52. The van der Waals surface area contributed by atoms with Crippen LogP contribution in [0.3, 0.4) is 0 Å². The summed E-state index contributed by atoms with van der Waals surface area (Å²) in [6, 6.07) is 11.7. The lowest BCUT2D eigenvalue weighted by molar-refractivity contribution is 1.16. The molecule has 0 radical (unpaired) electrons. The Bertz CT molecular complexity index is 661. The van der Waals surface area contributed by atoms with E-state index in [1.807, 2.05) is 50.2 Å². The van der Waals surface area contributed by atoms with E-state index in [1.54, 1.807) is 0 Å². The van der Waals surface area contributed by atoms with Crippen LogP contribution in [0.15, 0.2) is 36.4 Å². The van der Waals surface area contributed by atoms with Crippen molar-refractivity contribution in [2.24, 2.45) is 0 Å². The minimum atomic E-state index is 0.659. The molecule has 0 saturated heterocycles. The first kappa shape index (κ1) is 11.9. The van der Waals surface area contributed by atoms with Crippen LogP contribution in [0.1, 0.15) is 11.4 Å². The molecule has 19 heavy (non-hydrogen) atoms. The fourth-order valence-corrected chi connectivity index (χ4v) is 2.40. The molecule has 0 atom stereocenters. The predicted octanol–water partition coefficient (Wildman–Crippen LogP) is 3.28. The van der Waals surface area contributed by atoms with Crippen LogP contribution in [0.25, 0.3) is 22.2 Å². The summed E-state index contributed by atoms with van der Waals surface area (Å²) in [5, 5.41) is 0.821. The monoisotopic (exact) mass is 268 g/mol. The highest BCUT2D eigenvalue weighted by atomic mass is 32.1. The average molecular weight is 268 g/mol. The molecule has 0 aliphatic carbocycles. The molecule has 0 aliphatic heterocycles. The molecular formula is C14H12N4S. The normalized spacial score (nSPS) is 10.6. The third kappa shape index (κ3) is 2.51. The van der Waals surface area contributed by atoms with Gasteiger partial charge >= 0.3 is 0 Å². The third-order valence-electron chi connectivity index (χ3n) is 2.65. The largest absolute Gasteiger partial charge is 0.251 e. The van der Waals surface area contributed by atoms with Gasteiger partial charge in [0, 0.05) is 11.4 Å². The van der Waals surface area contributed by atoms with Gasteiger partial charge in [-0.2, -0.15) is 4.37 Å². The van der Waals surface area contributed by atoms with Crippen LogP contribution in [-0.4, -0.2) is 19.3 Å². The number of rotatable bonds is 2. The standard InChI is InChI=1S/C14H12N4S/c1-9-5-3-7-11(15-9)13-17-14(19-18-13)12-8-4-6-10(2)16-12/h3-8H,1-2H3. The van der Waals surface area contributed by atoms with Crippen molar-refractivity contribution >= 4 is 11.5 Å². The van der Waals surface area contributed by atoms with Crippen LogP contribution in [0.2, 0.25) is 0 Å². The van der Waals surface area contributed by atoms with Crippen molar-refractivity contribution in [3.8, 4) is 22.2 Å². The quantitative estimate of drug-likeness (QED) is 0.715. The molecule has 3 rings (SSSR count). The second kappa shape index (κ2) is 4.85. The molecule has 0 amide bonds. The second-order valence-corrected chi connectivity index (χ2v) is 5.00. The summed E-state index contributed by atoms with van der Waals surface area (Å²) in [5.41, 5.74) is 3.59. The van der Waals surface area contributed by atoms with Gasteiger partial charge in [0.05, 0.1) is 0 Å². The molecule has 0 unspecified atom stereocenters. The highest BCUT2D eigenvalue weighted by Crippen LogP contribution is 2.23. The Labute approximate surface area is 115 Å². The molecule has 0 fully saturated rings. The SMILES string of the molecule is Cc1cccc(-c2nsc(-c3cccc(C)n3)n2)n1. The lowest BCUT2D eigenvalue weighted by Crippen LogP contribution is -1.89. The highest BCUT2D eigenvalue weighted by molar-refractivity contribution is 7.09. The first-order chi connectivity index (χ1) is 9.22. The molecule has 3 aromatic heterocycles. The van der Waals surface area contributed by atoms with Gasteiger partial charge in [-0.25, -0.2) is 9.97 Å². The molecule has 94 valence electrons. The van der Waals surface area contributed by atoms with Gasteiger partial charge in [0.2, 0.25) is 0 Å². The van der Waals surface area contributed by atoms with Crippen LogP contribution < -0.4 is 0 Å². The molecule has 0 saturated carbocycles. The van der Waals surface area contributed by atoms with Crippen molar-refractivity contribution in [2.75, 3.05) is 0 Å². The Balaban J connectivity index is 2.00. The number of hydrogen-bond acceptors (Lipinski definition) is 5. The molecule has 0 bridgehead atoms. The fraction of sp³-hybridized carbons (Fsp3) is 0.143. The van der Waals surface area contributed by atoms with Crippen molar-refractivity contribution < 1.29 is 0 Å². The van der Waals surface area contributed by atoms with Gasteiger partial charge in [-0.3, -0.25) is 4.98 Å². The zero-order chi connectivity index (χ0) is 13.2. The Morgan fingerprint density at radius 2 is 1.42 bits per heavy atom. The molecule has 4 nitrogen and oxygen atoms in total. The predicted molar refractivity (Wildman–Crippen MR) is 75.8 cm³/mol. The summed E-state index contributed by atoms with van der Waals surface area (Å²) in [5.74, 6) is 0.659. The lowest BCUT2D eigenvalue weighted by atomic mass is 10.3. The van der Waals surface area contributed by atoms with Gasteiger partial charge in [-0.1, -0.05) is 12.1 Å². The molecule has 3 aromatic rings. The summed E-state index contributed by atoms with van der Waals surface area (Å²) in [6.45, 7) is 3.92. The van der Waals surface area contributed by atoms with Crippen molar-refractivity contribution in [1.29, 1.82) is 0 Å². The first-order valence-corrected chi connectivity index (χ1v) is 6.71. The van der Waals surface area contributed by atoms with Crippen molar-refractivity contribution in [2.45, 2.75) is 13.8 Å². The lowest BCUT2D eigenvalue weighted by Gasteiger charge is -1.97. The molecule has 0 spiro atoms. The maximum Gasteiger partial charge on any atom is 0.192 e. The zero-order valence-electron chi connectivity index (χ0n) is 10.7. The number of aromatic nitrogens is 4. The first-order valence-electron chi connectivity index (χ1n) is 5.94. The van der Waals surface area contributed by atoms with E-state index in [0.717, 1.165) is 27.8 Å². The fourth-order valence-electron chi connectivity index (χ4n) is 1.76. The molecule has 0 aromatic carbocycles. The Kier molecular flexibility index (Phi) is 3.05. The van der Waals surface area contributed by atoms with Crippen LogP contribution in [0, 0.1) is 13.8 Å². The van der Waals surface area contributed by atoms with Crippen LogP contribution >= 0.6 is 11.5 Å². The van der Waals surface area contributed by atoms with Gasteiger partial charge in [0.15, 0.2) is 10.8 Å². The Morgan fingerprint density at radius 1 is 0.789 bits per heavy atom. The summed E-state index contributed by atoms with van der Waals surface area (Å²) < 4.78 is 4.36. The molecule has 5 heteroatoms. The van der Waals surface area contributed by atoms with E-state index in [1.165, 1.54) is 11.5 Å². The number of nitrogens with zero attached hydrogens (tertiary/aromatic N) is 4. The van der Waals surface area contributed by atoms with E-state index in [2.05, 4.69) is 19.3 Å². The van der Waals surface area contributed by atoms with E-state index >= 15 is 0 Å². The smallest absolute Gasteiger partial charge is 0.192 e. The number of hydrogen-bond donors (Lipinski definition) is 0. The van der Waals surface area contributed by atoms with Crippen molar-refractivity contribution in [3.63, 3.8) is 0 Å². The van der Waals surface area contributed by atoms with Crippen molar-refractivity contribution in [1.82, 2.24) is 19.3 Å². The Morgan fingerprint density at radius 3 is 2.11 bits per heavy atom. The van der Waals surface area contributed by atoms with Crippen molar-refractivity contribution in [3.05, 3.63) is 47.8 Å². The van der Waals surface area contributed by atoms with E-state index in [4.69, 9.17) is 0 Å². The van der Waals surface area contributed by atoms with E-state index in [9.17, 15) is 0 Å². The minimum absolute atomic E-state index is 0.659. The topological polar surface area (TPSA) is 51.6 Å². The van der Waals surface area contributed by atoms with E-state index in [-0.39, 0.29) is 0 Å². The third-order valence-corrected chi connectivity index (χ3v) is 3.39. The van der Waals surface area contributed by atoms with Gasteiger partial charge in [0.1, 0.15) is 11.4 Å². The summed E-state index contributed by atoms with van der Waals surface area (Å²) in [6.07, 6.45) is 0. The van der Waals surface area contributed by atoms with E-state index < -0.39 is 0 Å². The average Bonchev–Trinajstić information content (AvgIpc) is 2.88. The Hall–Kier alpha value is -2.14. The van der Waals surface area contributed by atoms with Gasteiger partial charge in [-0.05, 0) is 49.6 Å².